The van der Waals surface area contributed by atoms with E-state index in [0.717, 1.165) is 27.1 Å². The maximum atomic E-state index is 13.9. The molecule has 7 rings (SSSR count). The minimum atomic E-state index is -2.52. The van der Waals surface area contributed by atoms with Gasteiger partial charge in [0.1, 0.15) is 24.1 Å². The number of rotatable bonds is 8. The maximum Gasteiger partial charge on any atom is 0.343 e. The number of aliphatic hydroxyl groups excluding tert-OH is 3. The van der Waals surface area contributed by atoms with Gasteiger partial charge in [-0.15, -0.1) is 0 Å². The van der Waals surface area contributed by atoms with Crippen LogP contribution in [0.2, 0.25) is 0 Å². The van der Waals surface area contributed by atoms with Crippen molar-refractivity contribution in [2.24, 2.45) is 5.92 Å². The van der Waals surface area contributed by atoms with Crippen LogP contribution >= 0.6 is 0 Å². The summed E-state index contributed by atoms with van der Waals surface area (Å²) in [5, 5.41) is 67.4. The van der Waals surface area contributed by atoms with Gasteiger partial charge < -0.3 is 49.8 Å². The van der Waals surface area contributed by atoms with Crippen LogP contribution in [0.1, 0.15) is 24.1 Å². The molecule has 2 saturated heterocycles. The van der Waals surface area contributed by atoms with Crippen molar-refractivity contribution in [3.63, 3.8) is 0 Å². The zero-order valence-electron chi connectivity index (χ0n) is 24.8. The fourth-order valence-electron chi connectivity index (χ4n) is 7.04. The predicted molar refractivity (Wildman–Crippen MR) is 167 cm³/mol. The van der Waals surface area contributed by atoms with Crippen molar-refractivity contribution in [3.05, 3.63) is 84.1 Å². The Hall–Kier alpha value is -4.07. The summed E-state index contributed by atoms with van der Waals surface area (Å²) in [7, 11) is 0. The SMILES string of the molecule is O=C(Oc1c(CO)[nH]c2ccc3cc4ccccc4cc3c12)[C@@H]1O[C@@](O)(CO)[C@@]2(O)CC[C@@H]([C@H](CO)Cc3ccc(O)cc3)O[C@@H]12. The molecule has 240 valence electrons. The Labute approximate surface area is 263 Å². The van der Waals surface area contributed by atoms with Gasteiger partial charge in [0.2, 0.25) is 5.79 Å². The molecule has 0 unspecified atom stereocenters. The number of ether oxygens (including phenoxy) is 3. The van der Waals surface area contributed by atoms with Crippen molar-refractivity contribution >= 4 is 38.4 Å². The van der Waals surface area contributed by atoms with Crippen molar-refractivity contribution in [2.75, 3.05) is 13.2 Å². The summed E-state index contributed by atoms with van der Waals surface area (Å²) in [4.78, 5) is 17.1. The number of aromatic nitrogens is 1. The molecular weight excluding hydrogens is 594 g/mol. The molecule has 2 aliphatic rings. The van der Waals surface area contributed by atoms with Crippen LogP contribution in [-0.2, 0) is 27.3 Å². The van der Waals surface area contributed by atoms with Crippen molar-refractivity contribution in [1.29, 1.82) is 0 Å². The highest BCUT2D eigenvalue weighted by atomic mass is 16.7. The van der Waals surface area contributed by atoms with E-state index in [1.54, 1.807) is 24.3 Å². The Balaban J connectivity index is 1.23. The molecule has 0 bridgehead atoms. The molecule has 0 spiro atoms. The summed E-state index contributed by atoms with van der Waals surface area (Å²) in [5.74, 6) is -3.80. The van der Waals surface area contributed by atoms with Gasteiger partial charge in [-0.1, -0.05) is 42.5 Å². The predicted octanol–water partition coefficient (Wildman–Crippen LogP) is 2.79. The van der Waals surface area contributed by atoms with Gasteiger partial charge in [-0.3, -0.25) is 0 Å². The lowest BCUT2D eigenvalue weighted by molar-refractivity contribution is -0.295. The molecule has 2 aliphatic heterocycles. The number of hydrogen-bond donors (Lipinski definition) is 7. The van der Waals surface area contributed by atoms with E-state index in [1.807, 2.05) is 48.5 Å². The van der Waals surface area contributed by atoms with Crippen LogP contribution < -0.4 is 4.74 Å². The summed E-state index contributed by atoms with van der Waals surface area (Å²) in [5.41, 5.74) is -0.458. The van der Waals surface area contributed by atoms with Gasteiger partial charge in [0.25, 0.3) is 0 Å². The minimum absolute atomic E-state index is 0.0721. The van der Waals surface area contributed by atoms with Gasteiger partial charge in [-0.25, -0.2) is 4.79 Å². The molecule has 11 heteroatoms. The lowest BCUT2D eigenvalue weighted by atomic mass is 9.78. The smallest absolute Gasteiger partial charge is 0.343 e. The molecule has 1 aromatic heterocycles. The van der Waals surface area contributed by atoms with Crippen molar-refractivity contribution in [3.8, 4) is 11.5 Å². The highest BCUT2D eigenvalue weighted by molar-refractivity contribution is 6.14. The van der Waals surface area contributed by atoms with Gasteiger partial charge in [0, 0.05) is 12.5 Å². The normalized spacial score (nSPS) is 26.8. The molecule has 11 nitrogen and oxygen atoms in total. The largest absolute Gasteiger partial charge is 0.508 e. The molecule has 46 heavy (non-hydrogen) atoms. The van der Waals surface area contributed by atoms with Gasteiger partial charge in [-0.2, -0.15) is 0 Å². The first kappa shape index (κ1) is 30.6. The number of fused-ring (bicyclic) bond motifs is 5. The van der Waals surface area contributed by atoms with E-state index in [2.05, 4.69) is 4.98 Å². The highest BCUT2D eigenvalue weighted by Crippen LogP contribution is 2.48. The van der Waals surface area contributed by atoms with Gasteiger partial charge in [0.05, 0.1) is 29.3 Å². The first-order valence-electron chi connectivity index (χ1n) is 15.2. The van der Waals surface area contributed by atoms with Crippen LogP contribution in [0.15, 0.2) is 72.8 Å². The van der Waals surface area contributed by atoms with Crippen LogP contribution in [0, 0.1) is 5.92 Å². The Morgan fingerprint density at radius 2 is 1.72 bits per heavy atom. The fourth-order valence-corrected chi connectivity index (χ4v) is 7.04. The zero-order valence-corrected chi connectivity index (χ0v) is 24.8. The van der Waals surface area contributed by atoms with Crippen LogP contribution in [0.5, 0.6) is 11.5 Å². The Morgan fingerprint density at radius 1 is 0.978 bits per heavy atom. The van der Waals surface area contributed by atoms with E-state index in [9.17, 15) is 35.4 Å². The number of nitrogens with one attached hydrogen (secondary N) is 1. The van der Waals surface area contributed by atoms with E-state index >= 15 is 0 Å². The van der Waals surface area contributed by atoms with Crippen LogP contribution in [-0.4, -0.2) is 84.5 Å². The second-order valence-corrected chi connectivity index (χ2v) is 12.3. The van der Waals surface area contributed by atoms with E-state index in [0.29, 0.717) is 17.3 Å². The third-order valence-electron chi connectivity index (χ3n) is 9.55. The lowest BCUT2D eigenvalue weighted by Gasteiger charge is -2.44. The number of carbonyl (C=O) groups is 1. The van der Waals surface area contributed by atoms with E-state index in [1.165, 1.54) is 0 Å². The molecular formula is C35H35NO10. The van der Waals surface area contributed by atoms with E-state index in [4.69, 9.17) is 14.2 Å². The molecule has 2 fully saturated rings. The van der Waals surface area contributed by atoms with Crippen LogP contribution in [0.25, 0.3) is 32.4 Å². The number of aliphatic hydroxyl groups is 5. The number of esters is 1. The molecule has 0 aliphatic carbocycles. The number of phenolic OH excluding ortho intramolecular Hbond substituents is 1. The summed E-state index contributed by atoms with van der Waals surface area (Å²) in [6.45, 7) is -1.75. The summed E-state index contributed by atoms with van der Waals surface area (Å²) >= 11 is 0. The first-order valence-corrected chi connectivity index (χ1v) is 15.2. The number of H-pyrrole nitrogens is 1. The van der Waals surface area contributed by atoms with Crippen LogP contribution in [0.3, 0.4) is 0 Å². The minimum Gasteiger partial charge on any atom is -0.508 e. The topological polar surface area (TPSA) is 182 Å². The van der Waals surface area contributed by atoms with Gasteiger partial charge in [-0.05, 0) is 76.7 Å². The molecule has 0 amide bonds. The standard InChI is InChI=1S/C35H35NO10/c37-16-23(13-19-5-8-24(40)9-6-19)28-11-12-34(42)32(44-28)31(46-35(34,43)18-39)33(41)45-30-27(17-38)36-26-10-7-22-14-20-3-1-2-4-21(20)15-25(22)29(26)30/h1-10,14-15,23,28,31-32,36-40,42-43H,11-13,16-18H2/t23-,28-,31+,32-,34+,35-/m0/s1. The van der Waals surface area contributed by atoms with E-state index in [-0.39, 0.29) is 36.6 Å². The fraction of sp³-hybridized carbons (Fsp3) is 0.343. The monoisotopic (exact) mass is 629 g/mol. The second kappa shape index (κ2) is 11.6. The van der Waals surface area contributed by atoms with Gasteiger partial charge >= 0.3 is 5.97 Å². The number of hydrogen-bond acceptors (Lipinski definition) is 10. The maximum absolute atomic E-state index is 13.9. The number of benzene rings is 4. The molecule has 0 saturated carbocycles. The lowest BCUT2D eigenvalue weighted by Crippen LogP contribution is -2.63. The van der Waals surface area contributed by atoms with Crippen molar-refractivity contribution in [1.82, 2.24) is 4.98 Å². The molecule has 6 atom stereocenters. The molecule has 4 aromatic carbocycles. The molecule has 3 heterocycles. The van der Waals surface area contributed by atoms with Crippen LogP contribution in [0.4, 0.5) is 0 Å². The number of carbonyl (C=O) groups excluding carboxylic acids is 1. The average molecular weight is 630 g/mol. The quantitative estimate of drug-likeness (QED) is 0.0996. The summed E-state index contributed by atoms with van der Waals surface area (Å²) < 4.78 is 17.9. The average Bonchev–Trinajstić information content (AvgIpc) is 3.55. The Kier molecular flexibility index (Phi) is 7.73. The molecule has 5 aromatic rings. The Bertz CT molecular complexity index is 1920. The van der Waals surface area contributed by atoms with Gasteiger partial charge in [0.15, 0.2) is 11.9 Å². The number of aromatic hydroxyl groups is 1. The third-order valence-corrected chi connectivity index (χ3v) is 9.55. The number of aromatic amines is 1. The number of phenols is 1. The molecule has 7 N–H and O–H groups in total. The van der Waals surface area contributed by atoms with Crippen molar-refractivity contribution in [2.45, 2.75) is 55.6 Å². The third kappa shape index (κ3) is 4.92. The molecule has 0 radical (unpaired) electrons. The highest BCUT2D eigenvalue weighted by Gasteiger charge is 2.69. The first-order chi connectivity index (χ1) is 22.2. The second-order valence-electron chi connectivity index (χ2n) is 12.3. The summed E-state index contributed by atoms with van der Waals surface area (Å²) in [6, 6.07) is 22.2. The van der Waals surface area contributed by atoms with E-state index < -0.39 is 54.8 Å². The Morgan fingerprint density at radius 3 is 2.41 bits per heavy atom. The summed E-state index contributed by atoms with van der Waals surface area (Å²) in [6.07, 6.45) is -3.28. The zero-order chi connectivity index (χ0) is 32.2. The van der Waals surface area contributed by atoms with Crippen molar-refractivity contribution < 1.29 is 49.6 Å².